The topological polar surface area (TPSA) is 83.1 Å². The normalized spacial score (nSPS) is 12.3. The second-order valence-electron chi connectivity index (χ2n) is 12.0. The van der Waals surface area contributed by atoms with Gasteiger partial charge >= 0.3 is 12.1 Å². The molecule has 1 N–H and O–H groups in total. The maximum absolute atomic E-state index is 15.9. The lowest BCUT2D eigenvalue weighted by atomic mass is 9.97. The molecule has 0 saturated carbocycles. The van der Waals surface area contributed by atoms with Crippen molar-refractivity contribution in [1.82, 2.24) is 5.32 Å². The highest BCUT2D eigenvalue weighted by molar-refractivity contribution is 5.74. The minimum atomic E-state index is -0.668. The fourth-order valence-corrected chi connectivity index (χ4v) is 4.30. The van der Waals surface area contributed by atoms with Crippen LogP contribution in [0.4, 0.5) is 9.18 Å². The molecule has 0 aliphatic heterocycles. The van der Waals surface area contributed by atoms with E-state index < -0.39 is 29.2 Å². The van der Waals surface area contributed by atoms with Crippen molar-refractivity contribution in [1.29, 1.82) is 0 Å². The maximum Gasteiger partial charge on any atom is 0.408 e. The molecule has 3 aromatic carbocycles. The van der Waals surface area contributed by atoms with Crippen LogP contribution >= 0.6 is 0 Å². The molecule has 1 amide bonds. The lowest BCUT2D eigenvalue weighted by Gasteiger charge is -2.22. The zero-order valence-electron chi connectivity index (χ0n) is 25.8. The second-order valence-corrected chi connectivity index (χ2v) is 12.0. The van der Waals surface area contributed by atoms with Gasteiger partial charge in [-0.1, -0.05) is 36.4 Å². The predicted molar refractivity (Wildman–Crippen MR) is 161 cm³/mol. The third-order valence-corrected chi connectivity index (χ3v) is 5.94. The van der Waals surface area contributed by atoms with Crippen LogP contribution in [0.3, 0.4) is 0 Å². The van der Waals surface area contributed by atoms with Crippen LogP contribution in [0, 0.1) is 5.82 Å². The van der Waals surface area contributed by atoms with E-state index in [2.05, 4.69) is 5.32 Å². The summed E-state index contributed by atoms with van der Waals surface area (Å²) in [5.74, 6) is 0.330. The number of ether oxygens (including phenoxy) is 4. The Morgan fingerprint density at radius 3 is 2.24 bits per heavy atom. The molecule has 0 spiro atoms. The lowest BCUT2D eigenvalue weighted by Crippen LogP contribution is -2.34. The number of carbonyl (C=O) groups excluding carboxylic acids is 2. The summed E-state index contributed by atoms with van der Waals surface area (Å²) in [5.41, 5.74) is 1.50. The molecule has 0 fully saturated rings. The zero-order valence-corrected chi connectivity index (χ0v) is 25.8. The van der Waals surface area contributed by atoms with Gasteiger partial charge in [-0.2, -0.15) is 0 Å². The number of hydrogen-bond donors (Lipinski definition) is 1. The second kappa shape index (κ2) is 13.7. The minimum absolute atomic E-state index is 0.0746. The summed E-state index contributed by atoms with van der Waals surface area (Å²) in [6.45, 7) is 15.0. The monoisotopic (exact) mass is 579 g/mol. The SMILES string of the molecule is CCOc1cc(COc2ccccc2CC(=O)OC(C)(C)C)cc(-c2cccc(C(C)NC(=O)OC(C)(C)C)c2F)c1. The Balaban J connectivity index is 1.86. The van der Waals surface area contributed by atoms with Crippen molar-refractivity contribution >= 4 is 12.1 Å². The standard InChI is InChI=1S/C34H42FNO6/c1-9-39-26-18-23(21-40-29-16-11-10-13-24(29)20-30(37)41-33(3,4)5)17-25(19-26)28-15-12-14-27(31(28)35)22(2)36-32(38)42-34(6,7)8/h10-19,22H,9,20-21H2,1-8H3,(H,36,38). The van der Waals surface area contributed by atoms with Gasteiger partial charge in [-0.3, -0.25) is 4.79 Å². The number of carbonyl (C=O) groups is 2. The minimum Gasteiger partial charge on any atom is -0.494 e. The Labute approximate surface area is 248 Å². The number of esters is 1. The van der Waals surface area contributed by atoms with E-state index in [0.29, 0.717) is 40.4 Å². The molecule has 3 aromatic rings. The average molecular weight is 580 g/mol. The van der Waals surface area contributed by atoms with Gasteiger partial charge in [-0.15, -0.1) is 0 Å². The molecular weight excluding hydrogens is 537 g/mol. The molecule has 1 unspecified atom stereocenters. The van der Waals surface area contributed by atoms with Crippen LogP contribution in [0.25, 0.3) is 11.1 Å². The molecule has 0 aromatic heterocycles. The van der Waals surface area contributed by atoms with E-state index >= 15 is 4.39 Å². The summed E-state index contributed by atoms with van der Waals surface area (Å²) >= 11 is 0. The van der Waals surface area contributed by atoms with Crippen LogP contribution in [0.1, 0.15) is 78.1 Å². The Kier molecular flexibility index (Phi) is 10.6. The van der Waals surface area contributed by atoms with Gasteiger partial charge in [0.2, 0.25) is 0 Å². The third kappa shape index (κ3) is 9.79. The summed E-state index contributed by atoms with van der Waals surface area (Å²) in [6, 6.07) is 17.2. The first kappa shape index (κ1) is 32.4. The van der Waals surface area contributed by atoms with Gasteiger partial charge < -0.3 is 24.3 Å². The first-order valence-electron chi connectivity index (χ1n) is 14.1. The van der Waals surface area contributed by atoms with Gasteiger partial charge in [0.25, 0.3) is 0 Å². The average Bonchev–Trinajstić information content (AvgIpc) is 2.86. The first-order chi connectivity index (χ1) is 19.6. The van der Waals surface area contributed by atoms with Crippen molar-refractivity contribution in [2.24, 2.45) is 0 Å². The van der Waals surface area contributed by atoms with Gasteiger partial charge in [0.05, 0.1) is 19.1 Å². The number of nitrogens with one attached hydrogen (secondary N) is 1. The van der Waals surface area contributed by atoms with Crippen LogP contribution in [-0.2, 0) is 27.3 Å². The van der Waals surface area contributed by atoms with E-state index in [1.165, 1.54) is 0 Å². The molecule has 0 bridgehead atoms. The Morgan fingerprint density at radius 2 is 1.57 bits per heavy atom. The lowest BCUT2D eigenvalue weighted by molar-refractivity contribution is -0.153. The Hall–Kier alpha value is -4.07. The quantitative estimate of drug-likeness (QED) is 0.246. The fraction of sp³-hybridized carbons (Fsp3) is 0.412. The number of benzene rings is 3. The number of para-hydroxylation sites is 1. The summed E-state index contributed by atoms with van der Waals surface area (Å²) < 4.78 is 38.6. The molecule has 3 rings (SSSR count). The summed E-state index contributed by atoms with van der Waals surface area (Å²) in [7, 11) is 0. The van der Waals surface area contributed by atoms with Crippen molar-refractivity contribution in [3.05, 3.63) is 83.2 Å². The third-order valence-electron chi connectivity index (χ3n) is 5.94. The highest BCUT2D eigenvalue weighted by Gasteiger charge is 2.22. The van der Waals surface area contributed by atoms with Crippen LogP contribution in [0.5, 0.6) is 11.5 Å². The Morgan fingerprint density at radius 1 is 0.881 bits per heavy atom. The van der Waals surface area contributed by atoms with E-state index in [-0.39, 0.29) is 19.0 Å². The summed E-state index contributed by atoms with van der Waals surface area (Å²) in [4.78, 5) is 24.7. The zero-order chi connectivity index (χ0) is 31.1. The van der Waals surface area contributed by atoms with E-state index in [1.54, 1.807) is 58.0 Å². The summed E-state index contributed by atoms with van der Waals surface area (Å²) in [5, 5.41) is 2.71. The molecule has 0 radical (unpaired) electrons. The van der Waals surface area contributed by atoms with E-state index in [1.807, 2.05) is 58.0 Å². The van der Waals surface area contributed by atoms with Crippen molar-refractivity contribution in [2.75, 3.05) is 6.61 Å². The van der Waals surface area contributed by atoms with Crippen LogP contribution in [0.15, 0.2) is 60.7 Å². The number of amides is 1. The molecule has 8 heteroatoms. The van der Waals surface area contributed by atoms with Gasteiger partial charge in [-0.05, 0) is 90.8 Å². The fourth-order valence-electron chi connectivity index (χ4n) is 4.30. The van der Waals surface area contributed by atoms with Crippen molar-refractivity contribution in [2.45, 2.75) is 85.7 Å². The van der Waals surface area contributed by atoms with E-state index in [9.17, 15) is 9.59 Å². The maximum atomic E-state index is 15.9. The molecule has 0 aliphatic carbocycles. The number of halogens is 1. The van der Waals surface area contributed by atoms with Crippen molar-refractivity contribution in [3.8, 4) is 22.6 Å². The molecular formula is C34H42FNO6. The van der Waals surface area contributed by atoms with Gasteiger partial charge in [0.15, 0.2) is 0 Å². The summed E-state index contributed by atoms with van der Waals surface area (Å²) in [6.07, 6.45) is -0.546. The van der Waals surface area contributed by atoms with Crippen LogP contribution in [0.2, 0.25) is 0 Å². The van der Waals surface area contributed by atoms with E-state index in [0.717, 1.165) is 5.56 Å². The Bertz CT molecular complexity index is 1390. The molecule has 7 nitrogen and oxygen atoms in total. The largest absolute Gasteiger partial charge is 0.494 e. The number of rotatable bonds is 10. The van der Waals surface area contributed by atoms with Gasteiger partial charge in [-0.25, -0.2) is 9.18 Å². The highest BCUT2D eigenvalue weighted by Crippen LogP contribution is 2.32. The molecule has 0 saturated heterocycles. The van der Waals surface area contributed by atoms with Crippen LogP contribution in [-0.4, -0.2) is 29.9 Å². The molecule has 42 heavy (non-hydrogen) atoms. The number of hydrogen-bond acceptors (Lipinski definition) is 6. The smallest absolute Gasteiger partial charge is 0.408 e. The molecule has 226 valence electrons. The molecule has 0 aliphatic rings. The highest BCUT2D eigenvalue weighted by atomic mass is 19.1. The van der Waals surface area contributed by atoms with Crippen LogP contribution < -0.4 is 14.8 Å². The van der Waals surface area contributed by atoms with Crippen molar-refractivity contribution < 1.29 is 32.9 Å². The molecule has 1 atom stereocenters. The van der Waals surface area contributed by atoms with Gasteiger partial charge in [0.1, 0.15) is 35.1 Å². The van der Waals surface area contributed by atoms with Gasteiger partial charge in [0, 0.05) is 16.7 Å². The van der Waals surface area contributed by atoms with Crippen molar-refractivity contribution in [3.63, 3.8) is 0 Å². The molecule has 0 heterocycles. The number of alkyl carbamates (subject to hydrolysis) is 1. The first-order valence-corrected chi connectivity index (χ1v) is 14.1. The van der Waals surface area contributed by atoms with E-state index in [4.69, 9.17) is 18.9 Å². The predicted octanol–water partition coefficient (Wildman–Crippen LogP) is 7.94.